The molecule has 0 atom stereocenters. The van der Waals surface area contributed by atoms with Crippen molar-refractivity contribution in [3.63, 3.8) is 0 Å². The van der Waals surface area contributed by atoms with Gasteiger partial charge in [-0.15, -0.1) is 0 Å². The monoisotopic (exact) mass is 259 g/mol. The SMILES string of the molecule is Cc1cc(C)n(-c2cccc(C[Si](C)(C)C)n2)n1. The van der Waals surface area contributed by atoms with E-state index < -0.39 is 8.07 Å². The Morgan fingerprint density at radius 3 is 2.44 bits per heavy atom. The zero-order valence-electron chi connectivity index (χ0n) is 11.9. The summed E-state index contributed by atoms with van der Waals surface area (Å²) < 4.78 is 1.92. The molecule has 0 saturated carbocycles. The molecule has 2 rings (SSSR count). The molecule has 0 saturated heterocycles. The summed E-state index contributed by atoms with van der Waals surface area (Å²) in [5.41, 5.74) is 3.34. The Balaban J connectivity index is 2.36. The number of aryl methyl sites for hydroxylation is 2. The molecule has 2 aromatic rings. The maximum Gasteiger partial charge on any atom is 0.153 e. The summed E-state index contributed by atoms with van der Waals surface area (Å²) in [4.78, 5) is 4.74. The van der Waals surface area contributed by atoms with Crippen molar-refractivity contribution < 1.29 is 0 Å². The van der Waals surface area contributed by atoms with E-state index in [1.165, 1.54) is 5.69 Å². The van der Waals surface area contributed by atoms with Crippen molar-refractivity contribution in [3.05, 3.63) is 41.3 Å². The van der Waals surface area contributed by atoms with Crippen molar-refractivity contribution >= 4 is 8.07 Å². The van der Waals surface area contributed by atoms with Crippen LogP contribution in [0.5, 0.6) is 0 Å². The molecule has 0 aliphatic rings. The Bertz CT molecular complexity index is 552. The Labute approximate surface area is 110 Å². The third kappa shape index (κ3) is 3.07. The lowest BCUT2D eigenvalue weighted by Gasteiger charge is -2.15. The van der Waals surface area contributed by atoms with Crippen LogP contribution in [0, 0.1) is 13.8 Å². The Morgan fingerprint density at radius 2 is 1.89 bits per heavy atom. The number of aromatic nitrogens is 3. The molecule has 18 heavy (non-hydrogen) atoms. The van der Waals surface area contributed by atoms with Gasteiger partial charge in [-0.25, -0.2) is 9.67 Å². The summed E-state index contributed by atoms with van der Waals surface area (Å²) >= 11 is 0. The molecule has 0 bridgehead atoms. The highest BCUT2D eigenvalue weighted by atomic mass is 28.3. The summed E-state index contributed by atoms with van der Waals surface area (Å²) in [6, 6.07) is 9.40. The highest BCUT2D eigenvalue weighted by molar-refractivity contribution is 6.75. The van der Waals surface area contributed by atoms with Gasteiger partial charge in [0.05, 0.1) is 13.8 Å². The van der Waals surface area contributed by atoms with Gasteiger partial charge in [-0.2, -0.15) is 5.10 Å². The largest absolute Gasteiger partial charge is 0.234 e. The van der Waals surface area contributed by atoms with Crippen molar-refractivity contribution in [2.24, 2.45) is 0 Å². The standard InChI is InChI=1S/C14H21N3Si/c1-11-9-12(2)17(16-11)14-8-6-7-13(15-14)10-18(3,4)5/h6-9H,10H2,1-5H3. The number of hydrogen-bond donors (Lipinski definition) is 0. The van der Waals surface area contributed by atoms with Gasteiger partial charge in [0.15, 0.2) is 5.82 Å². The van der Waals surface area contributed by atoms with Crippen LogP contribution in [-0.2, 0) is 6.04 Å². The van der Waals surface area contributed by atoms with Crippen LogP contribution in [0.4, 0.5) is 0 Å². The molecule has 0 aliphatic heterocycles. The van der Waals surface area contributed by atoms with Gasteiger partial charge < -0.3 is 0 Å². The molecule has 4 heteroatoms. The minimum Gasteiger partial charge on any atom is -0.234 e. The molecule has 96 valence electrons. The van der Waals surface area contributed by atoms with Crippen LogP contribution in [-0.4, -0.2) is 22.8 Å². The van der Waals surface area contributed by atoms with Gasteiger partial charge in [-0.05, 0) is 38.1 Å². The van der Waals surface area contributed by atoms with Crippen LogP contribution < -0.4 is 0 Å². The van der Waals surface area contributed by atoms with E-state index in [1.807, 2.05) is 17.7 Å². The first-order chi connectivity index (χ1) is 8.35. The van der Waals surface area contributed by atoms with Gasteiger partial charge in [-0.1, -0.05) is 25.7 Å². The third-order valence-electron chi connectivity index (χ3n) is 2.73. The second-order valence-corrected chi connectivity index (χ2v) is 11.5. The second-order valence-electron chi connectivity index (χ2n) is 6.06. The summed E-state index contributed by atoms with van der Waals surface area (Å²) in [6.07, 6.45) is 0. The van der Waals surface area contributed by atoms with Gasteiger partial charge in [0.1, 0.15) is 0 Å². The maximum atomic E-state index is 4.74. The van der Waals surface area contributed by atoms with E-state index in [-0.39, 0.29) is 0 Å². The molecule has 0 radical (unpaired) electrons. The van der Waals surface area contributed by atoms with E-state index in [4.69, 9.17) is 4.98 Å². The van der Waals surface area contributed by atoms with Crippen molar-refractivity contribution in [3.8, 4) is 5.82 Å². The van der Waals surface area contributed by atoms with E-state index in [2.05, 4.69) is 49.9 Å². The molecule has 3 nitrogen and oxygen atoms in total. The first kappa shape index (κ1) is 13.0. The third-order valence-corrected chi connectivity index (χ3v) is 4.15. The topological polar surface area (TPSA) is 30.7 Å². The lowest BCUT2D eigenvalue weighted by molar-refractivity contribution is 0.800. The van der Waals surface area contributed by atoms with Gasteiger partial charge in [0, 0.05) is 11.4 Å². The number of hydrogen-bond acceptors (Lipinski definition) is 2. The van der Waals surface area contributed by atoms with Crippen molar-refractivity contribution in [2.45, 2.75) is 39.5 Å². The van der Waals surface area contributed by atoms with Gasteiger partial charge in [0.2, 0.25) is 0 Å². The molecule has 0 N–H and O–H groups in total. The number of pyridine rings is 1. The molecule has 0 aromatic carbocycles. The minimum atomic E-state index is -1.12. The van der Waals surface area contributed by atoms with Gasteiger partial charge in [0.25, 0.3) is 0 Å². The van der Waals surface area contributed by atoms with Crippen LogP contribution in [0.3, 0.4) is 0 Å². The first-order valence-electron chi connectivity index (χ1n) is 6.35. The van der Waals surface area contributed by atoms with Crippen LogP contribution in [0.15, 0.2) is 24.3 Å². The number of rotatable bonds is 3. The molecule has 0 unspecified atom stereocenters. The van der Waals surface area contributed by atoms with E-state index in [1.54, 1.807) is 0 Å². The second kappa shape index (κ2) is 4.69. The van der Waals surface area contributed by atoms with Gasteiger partial charge >= 0.3 is 0 Å². The molecule has 2 heterocycles. The van der Waals surface area contributed by atoms with Crippen LogP contribution in [0.1, 0.15) is 17.1 Å². The van der Waals surface area contributed by atoms with E-state index in [9.17, 15) is 0 Å². The summed E-state index contributed by atoms with van der Waals surface area (Å²) in [6.45, 7) is 11.2. The molecular weight excluding hydrogens is 238 g/mol. The average molecular weight is 259 g/mol. The Morgan fingerprint density at radius 1 is 1.17 bits per heavy atom. The highest BCUT2D eigenvalue weighted by Gasteiger charge is 2.15. The molecule has 0 spiro atoms. The zero-order chi connectivity index (χ0) is 13.3. The Hall–Kier alpha value is -1.42. The first-order valence-corrected chi connectivity index (χ1v) is 10.1. The van der Waals surface area contributed by atoms with E-state index in [0.29, 0.717) is 0 Å². The lowest BCUT2D eigenvalue weighted by atomic mass is 10.3. The van der Waals surface area contributed by atoms with Gasteiger partial charge in [-0.3, -0.25) is 0 Å². The fourth-order valence-electron chi connectivity index (χ4n) is 2.09. The van der Waals surface area contributed by atoms with Crippen LogP contribution in [0.25, 0.3) is 5.82 Å². The van der Waals surface area contributed by atoms with Crippen molar-refractivity contribution in [2.75, 3.05) is 0 Å². The average Bonchev–Trinajstić information content (AvgIpc) is 2.55. The minimum absolute atomic E-state index is 0.927. The highest BCUT2D eigenvalue weighted by Crippen LogP contribution is 2.13. The van der Waals surface area contributed by atoms with Crippen molar-refractivity contribution in [1.82, 2.24) is 14.8 Å². The predicted molar refractivity (Wildman–Crippen MR) is 77.9 cm³/mol. The molecule has 0 aliphatic carbocycles. The summed E-state index contributed by atoms with van der Waals surface area (Å²) in [7, 11) is -1.12. The Kier molecular flexibility index (Phi) is 3.39. The van der Waals surface area contributed by atoms with E-state index >= 15 is 0 Å². The predicted octanol–water partition coefficient (Wildman–Crippen LogP) is 3.30. The fraction of sp³-hybridized carbons (Fsp3) is 0.429. The van der Waals surface area contributed by atoms with E-state index in [0.717, 1.165) is 23.2 Å². The summed E-state index contributed by atoms with van der Waals surface area (Å²) in [5, 5.41) is 4.48. The van der Waals surface area contributed by atoms with Crippen LogP contribution >= 0.6 is 0 Å². The smallest absolute Gasteiger partial charge is 0.153 e. The molecule has 0 fully saturated rings. The lowest BCUT2D eigenvalue weighted by Crippen LogP contribution is -2.24. The molecular formula is C14H21N3Si. The fourth-order valence-corrected chi connectivity index (χ4v) is 3.37. The van der Waals surface area contributed by atoms with Crippen molar-refractivity contribution in [1.29, 1.82) is 0 Å². The molecule has 0 amide bonds. The normalized spacial score (nSPS) is 11.8. The quantitative estimate of drug-likeness (QED) is 0.792. The molecule has 2 aromatic heterocycles. The summed E-state index contributed by atoms with van der Waals surface area (Å²) in [5.74, 6) is 0.927. The number of nitrogens with zero attached hydrogens (tertiary/aromatic N) is 3. The maximum absolute atomic E-state index is 4.74. The zero-order valence-corrected chi connectivity index (χ0v) is 12.9. The van der Waals surface area contributed by atoms with Crippen LogP contribution in [0.2, 0.25) is 19.6 Å².